The molecule has 3 aromatic rings. The number of thiazole rings is 1. The molecule has 28 heavy (non-hydrogen) atoms. The summed E-state index contributed by atoms with van der Waals surface area (Å²) >= 11 is 6.70. The summed E-state index contributed by atoms with van der Waals surface area (Å²) in [6.07, 6.45) is 2.05. The van der Waals surface area contributed by atoms with Crippen molar-refractivity contribution < 1.29 is 4.79 Å². The van der Waals surface area contributed by atoms with Crippen molar-refractivity contribution in [2.45, 2.75) is 18.7 Å². The Morgan fingerprint density at radius 3 is 2.46 bits per heavy atom. The molecule has 1 heterocycles. The third-order valence-corrected chi connectivity index (χ3v) is 7.03. The molecule has 4 nitrogen and oxygen atoms in total. The van der Waals surface area contributed by atoms with Crippen molar-refractivity contribution in [1.82, 2.24) is 9.88 Å². The lowest BCUT2D eigenvalue weighted by Gasteiger charge is -2.24. The number of halogens is 1. The van der Waals surface area contributed by atoms with Crippen LogP contribution in [-0.2, 0) is 0 Å². The molecular weight excluding hydrogens is 454 g/mol. The quantitative estimate of drug-likeness (QED) is 0.385. The van der Waals surface area contributed by atoms with E-state index in [4.69, 9.17) is 4.98 Å². The zero-order chi connectivity index (χ0) is 20.1. The maximum absolute atomic E-state index is 13.3. The number of nitrogens with zero attached hydrogens (tertiary/aromatic N) is 3. The van der Waals surface area contributed by atoms with Gasteiger partial charge in [-0.05, 0) is 55.7 Å². The zero-order valence-electron chi connectivity index (χ0n) is 16.3. The van der Waals surface area contributed by atoms with E-state index in [0.29, 0.717) is 12.1 Å². The molecule has 0 aliphatic carbocycles. The number of para-hydroxylation sites is 1. The average molecular weight is 478 g/mol. The van der Waals surface area contributed by atoms with Crippen LogP contribution in [0.1, 0.15) is 24.2 Å². The van der Waals surface area contributed by atoms with Crippen molar-refractivity contribution in [3.05, 3.63) is 52.5 Å². The largest absolute Gasteiger partial charge is 0.302 e. The highest BCUT2D eigenvalue weighted by atomic mass is 79.9. The van der Waals surface area contributed by atoms with E-state index >= 15 is 0 Å². The molecular formula is C21H24BrN3OS2. The van der Waals surface area contributed by atoms with Gasteiger partial charge in [0.1, 0.15) is 0 Å². The van der Waals surface area contributed by atoms with Crippen LogP contribution in [0, 0.1) is 0 Å². The number of benzene rings is 2. The van der Waals surface area contributed by atoms with Crippen molar-refractivity contribution >= 4 is 60.3 Å². The Morgan fingerprint density at radius 1 is 1.11 bits per heavy atom. The summed E-state index contributed by atoms with van der Waals surface area (Å²) in [5.41, 5.74) is 1.65. The number of thioether (sulfide) groups is 1. The fourth-order valence-electron chi connectivity index (χ4n) is 3.01. The van der Waals surface area contributed by atoms with Gasteiger partial charge in [-0.1, -0.05) is 47.2 Å². The van der Waals surface area contributed by atoms with E-state index in [0.717, 1.165) is 44.4 Å². The summed E-state index contributed by atoms with van der Waals surface area (Å²) in [7, 11) is 0. The summed E-state index contributed by atoms with van der Waals surface area (Å²) in [5, 5.41) is 0.761. The van der Waals surface area contributed by atoms with Crippen LogP contribution in [0.2, 0.25) is 0 Å². The van der Waals surface area contributed by atoms with Gasteiger partial charge in [0.15, 0.2) is 5.13 Å². The van der Waals surface area contributed by atoms with E-state index in [9.17, 15) is 4.79 Å². The maximum atomic E-state index is 13.3. The minimum atomic E-state index is -0.00980. The SMILES string of the molecule is CCN(CC)CCN(C(=O)c1ccc(Br)cc1)c1nc2c(SC)cccc2s1. The minimum Gasteiger partial charge on any atom is -0.302 e. The lowest BCUT2D eigenvalue weighted by molar-refractivity contribution is 0.0984. The van der Waals surface area contributed by atoms with E-state index in [1.807, 2.05) is 35.2 Å². The van der Waals surface area contributed by atoms with E-state index < -0.39 is 0 Å². The van der Waals surface area contributed by atoms with Gasteiger partial charge in [-0.2, -0.15) is 0 Å². The van der Waals surface area contributed by atoms with E-state index in [1.54, 1.807) is 23.1 Å². The first-order valence-corrected chi connectivity index (χ1v) is 12.1. The monoisotopic (exact) mass is 477 g/mol. The van der Waals surface area contributed by atoms with Gasteiger partial charge in [0, 0.05) is 28.0 Å². The fourth-order valence-corrected chi connectivity index (χ4v) is 4.91. The van der Waals surface area contributed by atoms with Crippen molar-refractivity contribution in [2.24, 2.45) is 0 Å². The number of carbonyl (C=O) groups excluding carboxylic acids is 1. The highest BCUT2D eigenvalue weighted by Gasteiger charge is 2.22. The van der Waals surface area contributed by atoms with E-state index in [-0.39, 0.29) is 5.91 Å². The molecule has 0 radical (unpaired) electrons. The second kappa shape index (κ2) is 9.87. The Bertz CT molecular complexity index is 938. The second-order valence-electron chi connectivity index (χ2n) is 6.29. The van der Waals surface area contributed by atoms with Gasteiger partial charge in [-0.25, -0.2) is 4.98 Å². The molecule has 7 heteroatoms. The maximum Gasteiger partial charge on any atom is 0.260 e. The predicted molar refractivity (Wildman–Crippen MR) is 125 cm³/mol. The number of hydrogen-bond donors (Lipinski definition) is 0. The topological polar surface area (TPSA) is 36.4 Å². The lowest BCUT2D eigenvalue weighted by Crippen LogP contribution is -2.38. The number of aromatic nitrogens is 1. The molecule has 0 bridgehead atoms. The van der Waals surface area contributed by atoms with E-state index in [1.165, 1.54) is 0 Å². The van der Waals surface area contributed by atoms with Crippen LogP contribution in [0.15, 0.2) is 51.8 Å². The number of hydrogen-bond acceptors (Lipinski definition) is 5. The highest BCUT2D eigenvalue weighted by Crippen LogP contribution is 2.34. The van der Waals surface area contributed by atoms with Crippen LogP contribution in [0.4, 0.5) is 5.13 Å². The lowest BCUT2D eigenvalue weighted by atomic mass is 10.2. The van der Waals surface area contributed by atoms with Crippen LogP contribution in [0.25, 0.3) is 10.2 Å². The summed E-state index contributed by atoms with van der Waals surface area (Å²) < 4.78 is 2.07. The Labute approximate surface area is 183 Å². The number of carbonyl (C=O) groups is 1. The molecule has 148 valence electrons. The normalized spacial score (nSPS) is 11.3. The summed E-state index contributed by atoms with van der Waals surface area (Å²) in [6, 6.07) is 13.7. The van der Waals surface area contributed by atoms with Crippen molar-refractivity contribution in [1.29, 1.82) is 0 Å². The molecule has 3 rings (SSSR count). The molecule has 1 amide bonds. The van der Waals surface area contributed by atoms with Crippen LogP contribution in [0.5, 0.6) is 0 Å². The highest BCUT2D eigenvalue weighted by molar-refractivity contribution is 9.10. The van der Waals surface area contributed by atoms with Crippen LogP contribution in [-0.4, -0.2) is 48.2 Å². The molecule has 0 spiro atoms. The summed E-state index contributed by atoms with van der Waals surface area (Å²) in [4.78, 5) is 23.5. The molecule has 0 unspecified atom stereocenters. The van der Waals surface area contributed by atoms with Gasteiger partial charge in [0.2, 0.25) is 0 Å². The molecule has 0 saturated heterocycles. The minimum absolute atomic E-state index is 0.00980. The van der Waals surface area contributed by atoms with Gasteiger partial charge < -0.3 is 4.90 Å². The first kappa shape index (κ1) is 21.3. The number of amides is 1. The molecule has 0 saturated carbocycles. The zero-order valence-corrected chi connectivity index (χ0v) is 19.5. The van der Waals surface area contributed by atoms with Crippen molar-refractivity contribution in [3.8, 4) is 0 Å². The van der Waals surface area contributed by atoms with Gasteiger partial charge in [0.05, 0.1) is 10.2 Å². The van der Waals surface area contributed by atoms with Crippen LogP contribution < -0.4 is 4.90 Å². The smallest absolute Gasteiger partial charge is 0.260 e. The number of rotatable bonds is 8. The van der Waals surface area contributed by atoms with Crippen molar-refractivity contribution in [3.63, 3.8) is 0 Å². The number of fused-ring (bicyclic) bond motifs is 1. The number of anilines is 1. The molecule has 0 fully saturated rings. The third-order valence-electron chi connectivity index (χ3n) is 4.69. The van der Waals surface area contributed by atoms with Gasteiger partial charge >= 0.3 is 0 Å². The Hall–Kier alpha value is -1.41. The second-order valence-corrected chi connectivity index (χ2v) is 9.07. The van der Waals surface area contributed by atoms with Crippen LogP contribution in [0.3, 0.4) is 0 Å². The van der Waals surface area contributed by atoms with Gasteiger partial charge in [0.25, 0.3) is 5.91 Å². The average Bonchev–Trinajstić information content (AvgIpc) is 3.15. The number of likely N-dealkylation sites (N-methyl/N-ethyl adjacent to an activating group) is 1. The molecule has 0 N–H and O–H groups in total. The molecule has 1 aromatic heterocycles. The van der Waals surface area contributed by atoms with Crippen molar-refractivity contribution in [2.75, 3.05) is 37.3 Å². The Kier molecular flexibility index (Phi) is 7.51. The first-order chi connectivity index (χ1) is 13.6. The third kappa shape index (κ3) is 4.76. The molecule has 0 aliphatic heterocycles. The first-order valence-electron chi connectivity index (χ1n) is 9.30. The molecule has 0 aliphatic rings. The van der Waals surface area contributed by atoms with E-state index in [2.05, 4.69) is 53.1 Å². The Morgan fingerprint density at radius 2 is 1.82 bits per heavy atom. The summed E-state index contributed by atoms with van der Waals surface area (Å²) in [5.74, 6) is -0.00980. The molecule has 2 aromatic carbocycles. The summed E-state index contributed by atoms with van der Waals surface area (Å²) in [6.45, 7) is 7.66. The fraction of sp³-hybridized carbons (Fsp3) is 0.333. The predicted octanol–water partition coefficient (Wildman–Crippen LogP) is 5.77. The molecule has 0 atom stereocenters. The Balaban J connectivity index is 1.97. The van der Waals surface area contributed by atoms with Crippen LogP contribution >= 0.6 is 39.0 Å². The standard InChI is InChI=1S/C21H24BrN3OS2/c1-4-24(5-2)13-14-25(20(26)15-9-11-16(22)12-10-15)21-23-19-17(27-3)7-6-8-18(19)28-21/h6-12H,4-5,13-14H2,1-3H3. The van der Waals surface area contributed by atoms with Gasteiger partial charge in [-0.3, -0.25) is 9.69 Å². The van der Waals surface area contributed by atoms with Gasteiger partial charge in [-0.15, -0.1) is 11.8 Å².